The topological polar surface area (TPSA) is 90.2 Å². The quantitative estimate of drug-likeness (QED) is 0.0845. The third-order valence-electron chi connectivity index (χ3n) is 21.9. The fraction of sp³-hybridized carbons (Fsp3) is 0. The van der Waals surface area contributed by atoms with E-state index in [9.17, 15) is 0 Å². The van der Waals surface area contributed by atoms with E-state index in [0.29, 0.717) is 28.9 Å². The van der Waals surface area contributed by atoms with E-state index in [1.807, 2.05) is 61.2 Å². The number of aromatic nitrogens is 7. The van der Waals surface area contributed by atoms with Crippen LogP contribution in [0.2, 0.25) is 0 Å². The molecule has 0 spiro atoms. The van der Waals surface area contributed by atoms with Gasteiger partial charge in [0.15, 0.2) is 17.5 Å². The summed E-state index contributed by atoms with van der Waals surface area (Å²) in [5.41, 5.74) is 36.6. The van der Waals surface area contributed by atoms with E-state index in [4.69, 9.17) is 15.0 Å². The standard InChI is InChI=1S/C58H40N2.C55H37N5/c1-5-13-43(14-6-1)55-23-21-47(39-57(55)45-17-9-3-10-18-45)51-36-52(48-22-24-56(44-15-7-2-8-16-44)58(40-48)46-19-11-4-12-20-46)38-54(37-51)53-34-49(41-25-29-59-30-26-41)33-50(35-53)42-27-31-60-32-28-42;1-5-17-38(18-6-1)47-29-27-42(36-49(47)40-21-9-3-10-22-40)44-33-45(43-28-30-48(39-19-7-2-8-20-39)50(37-43)41-23-11-4-12-24-41)35-46(34-44)53-58-54(51-25-13-15-31-56-51)60-55(59-53)52-26-14-16-32-57-52/h1-40H;1-37H. The summed E-state index contributed by atoms with van der Waals surface area (Å²) < 4.78 is 0. The zero-order valence-corrected chi connectivity index (χ0v) is 65.6. The lowest BCUT2D eigenvalue weighted by atomic mass is 9.87. The summed E-state index contributed by atoms with van der Waals surface area (Å²) in [4.78, 5) is 33.0. The van der Waals surface area contributed by atoms with E-state index in [2.05, 4.69) is 414 Å². The van der Waals surface area contributed by atoms with Crippen molar-refractivity contribution in [1.82, 2.24) is 34.9 Å². The maximum absolute atomic E-state index is 5.09. The van der Waals surface area contributed by atoms with E-state index >= 15 is 0 Å². The fourth-order valence-corrected chi connectivity index (χ4v) is 16.0. The van der Waals surface area contributed by atoms with Crippen LogP contribution in [0.5, 0.6) is 0 Å². The number of hydrogen-bond donors (Lipinski definition) is 0. The molecular weight excluding hydrogens is 1460 g/mol. The molecule has 7 heteroatoms. The Morgan fingerprint density at radius 2 is 0.325 bits per heavy atom. The molecule has 0 bridgehead atoms. The summed E-state index contributed by atoms with van der Waals surface area (Å²) in [6.45, 7) is 0. The molecule has 20 rings (SSSR count). The maximum atomic E-state index is 5.09. The molecule has 7 nitrogen and oxygen atoms in total. The van der Waals surface area contributed by atoms with Gasteiger partial charge >= 0.3 is 0 Å². The van der Waals surface area contributed by atoms with Crippen molar-refractivity contribution in [3.8, 4) is 201 Å². The van der Waals surface area contributed by atoms with Gasteiger partial charge in [-0.1, -0.05) is 303 Å². The van der Waals surface area contributed by atoms with E-state index in [1.165, 1.54) is 66.8 Å². The third kappa shape index (κ3) is 16.4. The van der Waals surface area contributed by atoms with Crippen LogP contribution in [0, 0.1) is 0 Å². The molecule has 0 saturated carbocycles. The second-order valence-electron chi connectivity index (χ2n) is 29.6. The number of rotatable bonds is 18. The van der Waals surface area contributed by atoms with Crippen LogP contribution in [0.3, 0.4) is 0 Å². The normalized spacial score (nSPS) is 11.0. The van der Waals surface area contributed by atoms with Crippen LogP contribution in [0.25, 0.3) is 201 Å². The lowest BCUT2D eigenvalue weighted by Crippen LogP contribution is -2.02. The van der Waals surface area contributed by atoms with Crippen LogP contribution in [0.4, 0.5) is 0 Å². The van der Waals surface area contributed by atoms with Gasteiger partial charge in [-0.05, 0) is 294 Å². The van der Waals surface area contributed by atoms with Crippen molar-refractivity contribution in [2.24, 2.45) is 0 Å². The molecule has 0 atom stereocenters. The monoisotopic (exact) mass is 1530 g/mol. The van der Waals surface area contributed by atoms with Crippen LogP contribution >= 0.6 is 0 Å². The van der Waals surface area contributed by atoms with Gasteiger partial charge in [-0.2, -0.15) is 0 Å². The highest BCUT2D eigenvalue weighted by Gasteiger charge is 2.22. The number of nitrogens with zero attached hydrogens (tertiary/aromatic N) is 7. The highest BCUT2D eigenvalue weighted by atomic mass is 15.1. The summed E-state index contributed by atoms with van der Waals surface area (Å²) in [6.07, 6.45) is 11.0. The first-order valence-corrected chi connectivity index (χ1v) is 40.3. The van der Waals surface area contributed by atoms with Crippen molar-refractivity contribution in [3.63, 3.8) is 0 Å². The average Bonchev–Trinajstić information content (AvgIpc) is 0.767. The van der Waals surface area contributed by atoms with Crippen molar-refractivity contribution in [2.45, 2.75) is 0 Å². The Balaban J connectivity index is 0.000000159. The van der Waals surface area contributed by atoms with Crippen LogP contribution in [-0.4, -0.2) is 34.9 Å². The van der Waals surface area contributed by atoms with Crippen LogP contribution < -0.4 is 0 Å². The van der Waals surface area contributed by atoms with Gasteiger partial charge in [0.05, 0.1) is 0 Å². The molecule has 0 fully saturated rings. The first-order valence-electron chi connectivity index (χ1n) is 40.3. The van der Waals surface area contributed by atoms with Crippen molar-refractivity contribution < 1.29 is 0 Å². The Morgan fingerprint density at radius 1 is 0.117 bits per heavy atom. The van der Waals surface area contributed by atoms with Crippen LogP contribution in [0.15, 0.2) is 468 Å². The Bertz CT molecular complexity index is 6110. The summed E-state index contributed by atoms with van der Waals surface area (Å²) in [7, 11) is 0. The molecule has 5 aromatic heterocycles. The fourth-order valence-electron chi connectivity index (χ4n) is 16.0. The summed E-state index contributed by atoms with van der Waals surface area (Å²) in [6, 6.07) is 153. The second-order valence-corrected chi connectivity index (χ2v) is 29.6. The second kappa shape index (κ2) is 34.5. The average molecular weight is 1530 g/mol. The van der Waals surface area contributed by atoms with Gasteiger partial charge in [0.1, 0.15) is 11.4 Å². The van der Waals surface area contributed by atoms with Crippen molar-refractivity contribution in [2.75, 3.05) is 0 Å². The van der Waals surface area contributed by atoms with Crippen molar-refractivity contribution >= 4 is 0 Å². The van der Waals surface area contributed by atoms with E-state index in [1.54, 1.807) is 12.4 Å². The van der Waals surface area contributed by atoms with Crippen molar-refractivity contribution in [3.05, 3.63) is 468 Å². The molecule has 0 saturated heterocycles. The van der Waals surface area contributed by atoms with Gasteiger partial charge in [-0.3, -0.25) is 19.9 Å². The first-order chi connectivity index (χ1) is 59.5. The van der Waals surface area contributed by atoms with Gasteiger partial charge in [0.25, 0.3) is 0 Å². The molecule has 15 aromatic carbocycles. The van der Waals surface area contributed by atoms with Crippen LogP contribution in [-0.2, 0) is 0 Å². The SMILES string of the molecule is c1ccc(-c2ccc(-c3cc(-c4cc(-c5ccncc5)cc(-c5ccncc5)c4)cc(-c4ccc(-c5ccccc5)c(-c5ccccc5)c4)c3)cc2-c2ccccc2)cc1.c1ccc(-c2ccc(-c3cc(-c4ccc(-c5ccccc5)c(-c5ccccc5)c4)cc(-c4nc(-c5ccccn5)nc(-c5ccccn5)n4)c3)cc2-c2ccccc2)cc1. The third-order valence-corrected chi connectivity index (χ3v) is 21.9. The maximum Gasteiger partial charge on any atom is 0.182 e. The number of hydrogen-bond acceptors (Lipinski definition) is 7. The zero-order valence-electron chi connectivity index (χ0n) is 65.6. The largest absolute Gasteiger partial charge is 0.265 e. The summed E-state index contributed by atoms with van der Waals surface area (Å²) in [5, 5.41) is 0. The van der Waals surface area contributed by atoms with E-state index in [-0.39, 0.29) is 0 Å². The highest BCUT2D eigenvalue weighted by Crippen LogP contribution is 2.46. The van der Waals surface area contributed by atoms with Gasteiger partial charge in [0, 0.05) is 42.7 Å². The van der Waals surface area contributed by atoms with Gasteiger partial charge in [0.2, 0.25) is 0 Å². The predicted octanol–water partition coefficient (Wildman–Crippen LogP) is 29.1. The molecule has 0 aliphatic carbocycles. The molecule has 0 aliphatic heterocycles. The van der Waals surface area contributed by atoms with E-state index in [0.717, 1.165) is 106 Å². The molecule has 0 unspecified atom stereocenters. The minimum Gasteiger partial charge on any atom is -0.265 e. The minimum atomic E-state index is 0.477. The molecule has 0 radical (unpaired) electrons. The Hall–Kier alpha value is -16.1. The Morgan fingerprint density at radius 3 is 0.567 bits per heavy atom. The molecule has 5 heterocycles. The van der Waals surface area contributed by atoms with Crippen molar-refractivity contribution in [1.29, 1.82) is 0 Å². The van der Waals surface area contributed by atoms with E-state index < -0.39 is 0 Å². The molecule has 0 aliphatic rings. The van der Waals surface area contributed by atoms with Gasteiger partial charge in [-0.15, -0.1) is 0 Å². The number of benzene rings is 15. The minimum absolute atomic E-state index is 0.477. The molecule has 120 heavy (non-hydrogen) atoms. The highest BCUT2D eigenvalue weighted by molar-refractivity contribution is 5.95. The molecule has 0 N–H and O–H groups in total. The molecular formula is C113H77N7. The summed E-state index contributed by atoms with van der Waals surface area (Å²) >= 11 is 0. The molecule has 0 amide bonds. The number of pyridine rings is 4. The zero-order chi connectivity index (χ0) is 80.2. The first kappa shape index (κ1) is 74.0. The smallest absolute Gasteiger partial charge is 0.182 e. The molecule has 564 valence electrons. The predicted molar refractivity (Wildman–Crippen MR) is 495 cm³/mol. The summed E-state index contributed by atoms with van der Waals surface area (Å²) in [5.74, 6) is 1.48. The van der Waals surface area contributed by atoms with Gasteiger partial charge in [-0.25, -0.2) is 15.0 Å². The lowest BCUT2D eigenvalue weighted by Gasteiger charge is -2.17. The molecule has 20 aromatic rings. The lowest BCUT2D eigenvalue weighted by molar-refractivity contribution is 1.05. The Kier molecular flexibility index (Phi) is 21.3. The van der Waals surface area contributed by atoms with Gasteiger partial charge < -0.3 is 0 Å². The van der Waals surface area contributed by atoms with Crippen LogP contribution in [0.1, 0.15) is 0 Å². The Labute approximate surface area is 699 Å².